The highest BCUT2D eigenvalue weighted by Crippen LogP contribution is 2.45. The highest BCUT2D eigenvalue weighted by Gasteiger charge is 2.56. The molecule has 2 fully saturated rings. The SMILES string of the molecule is CCC[C@H](NC(=O)C1C[C@]2(CC(c3ccccc3)=NO2)CN1C(=O)[C@@H](NC(=O)OCC1c2ccccc2-c2ccccc21)C(C)(C)C)C(OC)C(=O)NC1CC1. The first-order valence-corrected chi connectivity index (χ1v) is 19.8. The van der Waals surface area contributed by atoms with Crippen molar-refractivity contribution in [2.45, 2.75) is 108 Å². The fourth-order valence-electron chi connectivity index (χ4n) is 8.34. The topological polar surface area (TPSA) is 148 Å². The molecule has 12 heteroatoms. The first kappa shape index (κ1) is 39.0. The number of hydrogen-bond donors (Lipinski definition) is 3. The Balaban J connectivity index is 1.11. The van der Waals surface area contributed by atoms with Gasteiger partial charge in [-0.15, -0.1) is 0 Å². The molecule has 0 radical (unpaired) electrons. The number of methoxy groups -OCH3 is 1. The smallest absolute Gasteiger partial charge is 0.407 e. The predicted molar refractivity (Wildman–Crippen MR) is 212 cm³/mol. The number of benzene rings is 3. The first-order valence-electron chi connectivity index (χ1n) is 19.8. The van der Waals surface area contributed by atoms with Gasteiger partial charge in [-0.05, 0) is 52.5 Å². The number of rotatable bonds is 13. The number of hydrogen-bond acceptors (Lipinski definition) is 8. The normalized spacial score (nSPS) is 21.6. The minimum absolute atomic E-state index is 0.0665. The Morgan fingerprint density at radius 2 is 1.57 bits per heavy atom. The van der Waals surface area contributed by atoms with Crippen LogP contribution >= 0.6 is 0 Å². The zero-order valence-corrected chi connectivity index (χ0v) is 32.9. The zero-order valence-electron chi connectivity index (χ0n) is 32.9. The Bertz CT molecular complexity index is 1930. The van der Waals surface area contributed by atoms with Gasteiger partial charge in [0.2, 0.25) is 11.8 Å². The van der Waals surface area contributed by atoms with E-state index in [0.717, 1.165) is 46.4 Å². The van der Waals surface area contributed by atoms with Crippen LogP contribution in [-0.4, -0.2) is 90.6 Å². The molecule has 2 heterocycles. The van der Waals surface area contributed by atoms with Crippen LogP contribution in [0.5, 0.6) is 0 Å². The van der Waals surface area contributed by atoms with E-state index in [0.29, 0.717) is 19.3 Å². The molecule has 1 saturated heterocycles. The van der Waals surface area contributed by atoms with Crippen molar-refractivity contribution in [3.63, 3.8) is 0 Å². The summed E-state index contributed by atoms with van der Waals surface area (Å²) in [4.78, 5) is 63.8. The van der Waals surface area contributed by atoms with Crippen molar-refractivity contribution >= 4 is 29.5 Å². The maximum absolute atomic E-state index is 14.9. The number of ether oxygens (including phenoxy) is 2. The first-order chi connectivity index (χ1) is 26.9. The standard InChI is InChI=1S/C44H53N5O7/c1-6-14-34(37(54-5)40(51)45-28-21-22-28)46-39(50)36-24-44(23-35(48-56-44)27-15-8-7-9-16-27)26-49(36)41(52)38(43(2,3)4)47-42(53)55-25-33-31-19-12-10-17-29(31)30-18-11-13-20-32(30)33/h7-13,15-20,28,33-34,36-38H,6,14,21-26H2,1-5H3,(H,45,51)(H,46,50)(H,47,53)/t34-,36?,37?,38+,44+/m0/s1. The number of carbonyl (C=O) groups excluding carboxylic acids is 4. The van der Waals surface area contributed by atoms with Gasteiger partial charge in [-0.1, -0.05) is 118 Å². The highest BCUT2D eigenvalue weighted by molar-refractivity contribution is 6.02. The van der Waals surface area contributed by atoms with E-state index in [4.69, 9.17) is 14.3 Å². The molecular formula is C44H53N5O7. The fraction of sp³-hybridized carbons (Fsp3) is 0.477. The molecular weight excluding hydrogens is 711 g/mol. The molecule has 2 unspecified atom stereocenters. The Morgan fingerprint density at radius 1 is 0.929 bits per heavy atom. The second-order valence-corrected chi connectivity index (χ2v) is 16.7. The third-order valence-electron chi connectivity index (χ3n) is 11.4. The Morgan fingerprint density at radius 3 is 2.18 bits per heavy atom. The summed E-state index contributed by atoms with van der Waals surface area (Å²) in [5.74, 6) is -1.30. The Labute approximate surface area is 328 Å². The largest absolute Gasteiger partial charge is 0.449 e. The number of alkyl carbamates (subject to hydrolysis) is 1. The van der Waals surface area contributed by atoms with Gasteiger partial charge in [0.25, 0.3) is 5.91 Å². The zero-order chi connectivity index (χ0) is 39.6. The van der Waals surface area contributed by atoms with Gasteiger partial charge in [0.1, 0.15) is 18.7 Å². The van der Waals surface area contributed by atoms with E-state index in [1.165, 1.54) is 12.0 Å². The van der Waals surface area contributed by atoms with Gasteiger partial charge < -0.3 is 35.2 Å². The molecule has 0 aromatic heterocycles. The van der Waals surface area contributed by atoms with E-state index >= 15 is 0 Å². The highest BCUT2D eigenvalue weighted by atomic mass is 16.7. The van der Waals surface area contributed by atoms with Gasteiger partial charge in [-0.2, -0.15) is 0 Å². The number of amides is 4. The summed E-state index contributed by atoms with van der Waals surface area (Å²) in [6.07, 6.45) is 1.92. The second kappa shape index (κ2) is 16.1. The third-order valence-corrected chi connectivity index (χ3v) is 11.4. The van der Waals surface area contributed by atoms with Gasteiger partial charge in [-0.3, -0.25) is 14.4 Å². The van der Waals surface area contributed by atoms with Crippen LogP contribution in [0.25, 0.3) is 11.1 Å². The Kier molecular flexibility index (Phi) is 11.2. The van der Waals surface area contributed by atoms with Crippen molar-refractivity contribution < 1.29 is 33.5 Å². The predicted octanol–water partition coefficient (Wildman–Crippen LogP) is 5.68. The van der Waals surface area contributed by atoms with Crippen LogP contribution in [0.15, 0.2) is 84.0 Å². The maximum Gasteiger partial charge on any atom is 0.407 e. The number of likely N-dealkylation sites (tertiary alicyclic amines) is 1. The van der Waals surface area contributed by atoms with Crippen LogP contribution in [0.2, 0.25) is 0 Å². The van der Waals surface area contributed by atoms with Crippen molar-refractivity contribution in [3.8, 4) is 11.1 Å². The molecule has 7 rings (SSSR count). The fourth-order valence-corrected chi connectivity index (χ4v) is 8.34. The number of carbonyl (C=O) groups is 4. The van der Waals surface area contributed by atoms with Crippen LogP contribution in [0.1, 0.15) is 88.8 Å². The van der Waals surface area contributed by atoms with Crippen molar-refractivity contribution in [2.75, 3.05) is 20.3 Å². The molecule has 1 saturated carbocycles. The molecule has 296 valence electrons. The average molecular weight is 764 g/mol. The van der Waals surface area contributed by atoms with Crippen molar-refractivity contribution in [3.05, 3.63) is 95.6 Å². The molecule has 4 amide bonds. The lowest BCUT2D eigenvalue weighted by atomic mass is 9.85. The summed E-state index contributed by atoms with van der Waals surface area (Å²) in [7, 11) is 1.46. The van der Waals surface area contributed by atoms with E-state index in [-0.39, 0.29) is 37.4 Å². The summed E-state index contributed by atoms with van der Waals surface area (Å²) in [5.41, 5.74) is 4.27. The van der Waals surface area contributed by atoms with Crippen molar-refractivity contribution in [2.24, 2.45) is 10.6 Å². The van der Waals surface area contributed by atoms with Gasteiger partial charge >= 0.3 is 6.09 Å². The summed E-state index contributed by atoms with van der Waals surface area (Å²) in [5, 5.41) is 13.4. The summed E-state index contributed by atoms with van der Waals surface area (Å²) in [6.45, 7) is 7.72. The molecule has 3 N–H and O–H groups in total. The maximum atomic E-state index is 14.9. The number of nitrogens with zero attached hydrogens (tertiary/aromatic N) is 2. The van der Waals surface area contributed by atoms with Crippen LogP contribution < -0.4 is 16.0 Å². The molecule has 4 aliphatic rings. The van der Waals surface area contributed by atoms with Gasteiger partial charge in [0.15, 0.2) is 11.7 Å². The number of fused-ring (bicyclic) bond motifs is 3. The average Bonchev–Trinajstić information content (AvgIpc) is 3.64. The number of nitrogens with one attached hydrogen (secondary N) is 3. The summed E-state index contributed by atoms with van der Waals surface area (Å²) < 4.78 is 11.5. The molecule has 5 atom stereocenters. The third kappa shape index (κ3) is 8.16. The van der Waals surface area contributed by atoms with Crippen LogP contribution in [-0.2, 0) is 28.7 Å². The van der Waals surface area contributed by atoms with Gasteiger partial charge in [0.05, 0.1) is 18.3 Å². The molecule has 2 aliphatic carbocycles. The molecule has 2 aliphatic heterocycles. The van der Waals surface area contributed by atoms with E-state index in [1.807, 2.05) is 82.3 Å². The monoisotopic (exact) mass is 763 g/mol. The summed E-state index contributed by atoms with van der Waals surface area (Å²) in [6, 6.07) is 23.3. The van der Waals surface area contributed by atoms with E-state index in [9.17, 15) is 19.2 Å². The molecule has 0 bridgehead atoms. The Hall–Kier alpha value is -5.23. The minimum Gasteiger partial charge on any atom is -0.449 e. The van der Waals surface area contributed by atoms with Gasteiger partial charge in [0, 0.05) is 31.9 Å². The second-order valence-electron chi connectivity index (χ2n) is 16.7. The molecule has 12 nitrogen and oxygen atoms in total. The lowest BCUT2D eigenvalue weighted by molar-refractivity contribution is -0.143. The lowest BCUT2D eigenvalue weighted by Crippen LogP contribution is -2.59. The van der Waals surface area contributed by atoms with E-state index < -0.39 is 53.2 Å². The molecule has 3 aromatic rings. The van der Waals surface area contributed by atoms with Crippen LogP contribution in [0.3, 0.4) is 0 Å². The minimum atomic E-state index is -1.05. The van der Waals surface area contributed by atoms with E-state index in [2.05, 4.69) is 45.4 Å². The lowest BCUT2D eigenvalue weighted by Gasteiger charge is -2.35. The molecule has 1 spiro atoms. The van der Waals surface area contributed by atoms with Gasteiger partial charge in [-0.25, -0.2) is 4.79 Å². The quantitative estimate of drug-likeness (QED) is 0.203. The summed E-state index contributed by atoms with van der Waals surface area (Å²) >= 11 is 0. The van der Waals surface area contributed by atoms with Crippen LogP contribution in [0, 0.1) is 5.41 Å². The van der Waals surface area contributed by atoms with Crippen molar-refractivity contribution in [1.29, 1.82) is 0 Å². The van der Waals surface area contributed by atoms with E-state index in [1.54, 1.807) is 0 Å². The number of oxime groups is 1. The molecule has 3 aromatic carbocycles. The van der Waals surface area contributed by atoms with Crippen molar-refractivity contribution in [1.82, 2.24) is 20.9 Å². The molecule has 56 heavy (non-hydrogen) atoms. The van der Waals surface area contributed by atoms with Crippen LogP contribution in [0.4, 0.5) is 4.79 Å².